The number of hydrogen-bond donors (Lipinski definition) is 1. The zero-order valence-corrected chi connectivity index (χ0v) is 13.2. The molecule has 0 aromatic heterocycles. The Hall–Kier alpha value is -1.28. The normalized spacial score (nSPS) is 12.3. The second-order valence-electron chi connectivity index (χ2n) is 4.61. The zero-order chi connectivity index (χ0) is 15.4. The molecule has 1 rings (SSSR count). The van der Waals surface area contributed by atoms with Crippen molar-refractivity contribution in [1.82, 2.24) is 0 Å². The molecule has 1 aromatic carbocycles. The second kappa shape index (κ2) is 6.45. The summed E-state index contributed by atoms with van der Waals surface area (Å²) in [6.45, 7) is 2.14. The average molecular weight is 320 g/mol. The number of nitrogens with two attached hydrogens (primary N) is 1. The van der Waals surface area contributed by atoms with Gasteiger partial charge in [-0.05, 0) is 24.6 Å². The minimum absolute atomic E-state index is 0.287. The van der Waals surface area contributed by atoms with Crippen molar-refractivity contribution >= 4 is 31.2 Å². The van der Waals surface area contributed by atoms with Crippen molar-refractivity contribution in [2.45, 2.75) is 13.3 Å². The predicted octanol–water partition coefficient (Wildman–Crippen LogP) is 0.860. The highest BCUT2D eigenvalue weighted by Crippen LogP contribution is 2.21. The van der Waals surface area contributed by atoms with E-state index in [-0.39, 0.29) is 6.54 Å². The minimum Gasteiger partial charge on any atom is -0.399 e. The Balaban J connectivity index is 3.06. The number of sulfone groups is 1. The lowest BCUT2D eigenvalue weighted by Crippen LogP contribution is -2.35. The van der Waals surface area contributed by atoms with Gasteiger partial charge in [-0.3, -0.25) is 4.31 Å². The molecule has 0 aliphatic heterocycles. The smallest absolute Gasteiger partial charge is 0.236 e. The van der Waals surface area contributed by atoms with Gasteiger partial charge in [-0.25, -0.2) is 16.8 Å². The number of benzene rings is 1. The van der Waals surface area contributed by atoms with Crippen LogP contribution in [0.15, 0.2) is 24.3 Å². The number of sulfonamides is 1. The molecule has 0 saturated heterocycles. The first-order valence-electron chi connectivity index (χ1n) is 6.19. The van der Waals surface area contributed by atoms with Crippen LogP contribution in [0.1, 0.15) is 13.3 Å². The van der Waals surface area contributed by atoms with Crippen LogP contribution in [0.5, 0.6) is 0 Å². The van der Waals surface area contributed by atoms with E-state index in [1.54, 1.807) is 24.3 Å². The SMILES string of the molecule is CCCN(c1cccc(N)c1)S(=O)(=O)CCS(C)(=O)=O. The topological polar surface area (TPSA) is 97.5 Å². The molecule has 2 N–H and O–H groups in total. The maximum absolute atomic E-state index is 12.3. The molecule has 0 radical (unpaired) electrons. The molecule has 0 amide bonds. The van der Waals surface area contributed by atoms with Gasteiger partial charge >= 0.3 is 0 Å². The molecule has 0 bridgehead atoms. The first-order chi connectivity index (χ1) is 9.15. The molecule has 0 spiro atoms. The fourth-order valence-electron chi connectivity index (χ4n) is 1.68. The standard InChI is InChI=1S/C12H20N2O4S2/c1-3-7-14(12-6-4-5-11(13)10-12)20(17,18)9-8-19(2,15)16/h4-6,10H,3,7-9,13H2,1-2H3. The van der Waals surface area contributed by atoms with Gasteiger partial charge in [-0.15, -0.1) is 0 Å². The molecule has 20 heavy (non-hydrogen) atoms. The number of nitrogen functional groups attached to an aromatic ring is 1. The molecule has 1 aromatic rings. The van der Waals surface area contributed by atoms with Crippen molar-refractivity contribution < 1.29 is 16.8 Å². The quantitative estimate of drug-likeness (QED) is 0.751. The minimum atomic E-state index is -3.69. The van der Waals surface area contributed by atoms with Crippen molar-refractivity contribution in [3.8, 4) is 0 Å². The summed E-state index contributed by atoms with van der Waals surface area (Å²) in [6.07, 6.45) is 1.64. The van der Waals surface area contributed by atoms with E-state index in [2.05, 4.69) is 0 Å². The van der Waals surface area contributed by atoms with Crippen molar-refractivity contribution in [3.63, 3.8) is 0 Å². The molecule has 0 unspecified atom stereocenters. The monoisotopic (exact) mass is 320 g/mol. The predicted molar refractivity (Wildman–Crippen MR) is 82.0 cm³/mol. The Morgan fingerprint density at radius 2 is 1.80 bits per heavy atom. The summed E-state index contributed by atoms with van der Waals surface area (Å²) in [4.78, 5) is 0. The highest BCUT2D eigenvalue weighted by Gasteiger charge is 2.23. The molecule has 114 valence electrons. The summed E-state index contributed by atoms with van der Waals surface area (Å²) < 4.78 is 48.1. The summed E-state index contributed by atoms with van der Waals surface area (Å²) in [5.41, 5.74) is 6.58. The second-order valence-corrected chi connectivity index (χ2v) is 8.89. The van der Waals surface area contributed by atoms with Crippen LogP contribution < -0.4 is 10.0 Å². The van der Waals surface area contributed by atoms with Gasteiger partial charge in [0.25, 0.3) is 0 Å². The van der Waals surface area contributed by atoms with Gasteiger partial charge in [0.1, 0.15) is 9.84 Å². The molecule has 8 heteroatoms. The molecule has 0 aliphatic carbocycles. The van der Waals surface area contributed by atoms with Gasteiger partial charge in [0, 0.05) is 18.5 Å². The third-order valence-corrected chi connectivity index (χ3v) is 5.62. The van der Waals surface area contributed by atoms with E-state index in [1.165, 1.54) is 4.31 Å². The third-order valence-electron chi connectivity index (χ3n) is 2.63. The fraction of sp³-hybridized carbons (Fsp3) is 0.500. The van der Waals surface area contributed by atoms with Gasteiger partial charge in [0.2, 0.25) is 10.0 Å². The molecular formula is C12H20N2O4S2. The Kier molecular flexibility index (Phi) is 5.41. The van der Waals surface area contributed by atoms with Crippen LogP contribution in [0.3, 0.4) is 0 Å². The van der Waals surface area contributed by atoms with Gasteiger partial charge in [0.05, 0.1) is 17.2 Å². The zero-order valence-electron chi connectivity index (χ0n) is 11.6. The van der Waals surface area contributed by atoms with Gasteiger partial charge in [-0.2, -0.15) is 0 Å². The highest BCUT2D eigenvalue weighted by molar-refractivity contribution is 7.95. The first-order valence-corrected chi connectivity index (χ1v) is 9.86. The van der Waals surface area contributed by atoms with Crippen molar-refractivity contribution in [2.24, 2.45) is 0 Å². The van der Waals surface area contributed by atoms with Crippen LogP contribution in [-0.4, -0.2) is 41.1 Å². The lowest BCUT2D eigenvalue weighted by Gasteiger charge is -2.24. The molecule has 0 heterocycles. The van der Waals surface area contributed by atoms with Gasteiger partial charge in [0.15, 0.2) is 0 Å². The van der Waals surface area contributed by atoms with E-state index < -0.39 is 31.4 Å². The maximum atomic E-state index is 12.3. The summed E-state index contributed by atoms with van der Waals surface area (Å²) in [6, 6.07) is 6.54. The molecule has 0 saturated carbocycles. The summed E-state index contributed by atoms with van der Waals surface area (Å²) in [5, 5.41) is 0. The van der Waals surface area contributed by atoms with Crippen LogP contribution in [-0.2, 0) is 19.9 Å². The van der Waals surface area contributed by atoms with Crippen LogP contribution in [0, 0.1) is 0 Å². The lowest BCUT2D eigenvalue weighted by molar-refractivity contribution is 0.586. The molecular weight excluding hydrogens is 300 g/mol. The molecule has 0 atom stereocenters. The fourth-order valence-corrected chi connectivity index (χ4v) is 4.85. The van der Waals surface area contributed by atoms with E-state index in [4.69, 9.17) is 5.73 Å². The van der Waals surface area contributed by atoms with Crippen LogP contribution in [0.4, 0.5) is 11.4 Å². The Bertz CT molecular complexity index is 654. The molecule has 6 nitrogen and oxygen atoms in total. The summed E-state index contributed by atoms with van der Waals surface area (Å²) >= 11 is 0. The summed E-state index contributed by atoms with van der Waals surface area (Å²) in [5.74, 6) is -0.821. The lowest BCUT2D eigenvalue weighted by atomic mass is 10.3. The van der Waals surface area contributed by atoms with Crippen molar-refractivity contribution in [3.05, 3.63) is 24.3 Å². The average Bonchev–Trinajstić information content (AvgIpc) is 2.32. The number of nitrogens with zero attached hydrogens (tertiary/aromatic N) is 1. The Morgan fingerprint density at radius 1 is 1.15 bits per heavy atom. The Labute approximate surface area is 120 Å². The number of rotatable bonds is 7. The van der Waals surface area contributed by atoms with Crippen molar-refractivity contribution in [2.75, 3.05) is 34.3 Å². The van der Waals surface area contributed by atoms with Crippen molar-refractivity contribution in [1.29, 1.82) is 0 Å². The summed E-state index contributed by atoms with van der Waals surface area (Å²) in [7, 11) is -7.02. The number of hydrogen-bond acceptors (Lipinski definition) is 5. The van der Waals surface area contributed by atoms with E-state index >= 15 is 0 Å². The van der Waals surface area contributed by atoms with Crippen LogP contribution in [0.2, 0.25) is 0 Å². The van der Waals surface area contributed by atoms with Gasteiger partial charge in [-0.1, -0.05) is 13.0 Å². The van der Waals surface area contributed by atoms with E-state index in [0.29, 0.717) is 17.8 Å². The van der Waals surface area contributed by atoms with E-state index in [9.17, 15) is 16.8 Å². The molecule has 0 aliphatic rings. The molecule has 0 fully saturated rings. The largest absolute Gasteiger partial charge is 0.399 e. The third kappa shape index (κ3) is 5.01. The van der Waals surface area contributed by atoms with Crippen LogP contribution in [0.25, 0.3) is 0 Å². The van der Waals surface area contributed by atoms with E-state index in [1.807, 2.05) is 6.92 Å². The van der Waals surface area contributed by atoms with Gasteiger partial charge < -0.3 is 5.73 Å². The first kappa shape index (κ1) is 16.8. The highest BCUT2D eigenvalue weighted by atomic mass is 32.2. The maximum Gasteiger partial charge on any atom is 0.236 e. The van der Waals surface area contributed by atoms with Crippen LogP contribution >= 0.6 is 0 Å². The van der Waals surface area contributed by atoms with E-state index in [0.717, 1.165) is 6.26 Å². The Morgan fingerprint density at radius 3 is 2.30 bits per heavy atom. The number of anilines is 2.